The van der Waals surface area contributed by atoms with E-state index < -0.39 is 36.5 Å². The molecule has 0 radical (unpaired) electrons. The van der Waals surface area contributed by atoms with Gasteiger partial charge in [-0.25, -0.2) is 0 Å². The molecule has 0 bridgehead atoms. The quantitative estimate of drug-likeness (QED) is 0.326. The van der Waals surface area contributed by atoms with Gasteiger partial charge >= 0.3 is 17.9 Å². The Bertz CT molecular complexity index is 698. The summed E-state index contributed by atoms with van der Waals surface area (Å²) in [7, 11) is 0. The van der Waals surface area contributed by atoms with Gasteiger partial charge in [-0.15, -0.1) is 0 Å². The lowest BCUT2D eigenvalue weighted by molar-refractivity contribution is -0.259. The number of carbonyl (C=O) groups is 4. The molecule has 1 aliphatic heterocycles. The minimum atomic E-state index is -0.950. The fourth-order valence-electron chi connectivity index (χ4n) is 4.00. The molecule has 0 spiro atoms. The van der Waals surface area contributed by atoms with Crippen molar-refractivity contribution < 1.29 is 42.9 Å². The van der Waals surface area contributed by atoms with Crippen LogP contribution in [0.3, 0.4) is 0 Å². The summed E-state index contributed by atoms with van der Waals surface area (Å²) in [5.41, 5.74) is 0. The number of esters is 3. The summed E-state index contributed by atoms with van der Waals surface area (Å²) in [5, 5.41) is 2.83. The van der Waals surface area contributed by atoms with Gasteiger partial charge in [0.2, 0.25) is 5.91 Å². The van der Waals surface area contributed by atoms with Crippen LogP contribution in [0.5, 0.6) is 0 Å². The molecular formula is C24H41NO9. The summed E-state index contributed by atoms with van der Waals surface area (Å²) in [6.45, 7) is 13.6. The first-order valence-electron chi connectivity index (χ1n) is 11.9. The molecule has 8 atom stereocenters. The second-order valence-corrected chi connectivity index (χ2v) is 8.91. The van der Waals surface area contributed by atoms with Crippen LogP contribution in [0.2, 0.25) is 0 Å². The van der Waals surface area contributed by atoms with Crippen molar-refractivity contribution in [3.63, 3.8) is 0 Å². The van der Waals surface area contributed by atoms with E-state index in [-0.39, 0.29) is 55.4 Å². The fraction of sp³-hybridized carbons (Fsp3) is 0.833. The van der Waals surface area contributed by atoms with Crippen LogP contribution in [-0.4, -0.2) is 67.7 Å². The SMILES string of the molecule is CCC(=O)N[C@@H](COC1OC(COC(C)=O)C(C)C(C)C1C)[C@H](OC(C)=O)[C@@H](CC)OC(C)=O. The van der Waals surface area contributed by atoms with Crippen molar-refractivity contribution in [1.82, 2.24) is 5.32 Å². The van der Waals surface area contributed by atoms with E-state index in [1.54, 1.807) is 13.8 Å². The number of hydrogen-bond acceptors (Lipinski definition) is 9. The molecule has 0 aliphatic carbocycles. The van der Waals surface area contributed by atoms with Gasteiger partial charge in [0, 0.05) is 33.1 Å². The highest BCUT2D eigenvalue weighted by molar-refractivity contribution is 5.76. The molecular weight excluding hydrogens is 446 g/mol. The van der Waals surface area contributed by atoms with Gasteiger partial charge < -0.3 is 29.0 Å². The molecule has 1 N–H and O–H groups in total. The summed E-state index contributed by atoms with van der Waals surface area (Å²) < 4.78 is 28.3. The molecule has 1 fully saturated rings. The third-order valence-electron chi connectivity index (χ3n) is 6.33. The van der Waals surface area contributed by atoms with Crippen molar-refractivity contribution in [3.8, 4) is 0 Å². The highest BCUT2D eigenvalue weighted by Gasteiger charge is 2.42. The summed E-state index contributed by atoms with van der Waals surface area (Å²) in [4.78, 5) is 47.0. The molecule has 5 unspecified atom stereocenters. The van der Waals surface area contributed by atoms with E-state index in [1.807, 2.05) is 13.8 Å². The van der Waals surface area contributed by atoms with Crippen LogP contribution in [0.15, 0.2) is 0 Å². The Morgan fingerprint density at radius 2 is 1.50 bits per heavy atom. The van der Waals surface area contributed by atoms with Crippen LogP contribution in [0, 0.1) is 17.8 Å². The Morgan fingerprint density at radius 1 is 0.882 bits per heavy atom. The summed E-state index contributed by atoms with van der Waals surface area (Å²) in [6, 6.07) is -0.780. The molecule has 0 aromatic rings. The summed E-state index contributed by atoms with van der Waals surface area (Å²) >= 11 is 0. The molecule has 196 valence electrons. The van der Waals surface area contributed by atoms with E-state index >= 15 is 0 Å². The first-order chi connectivity index (χ1) is 15.9. The number of ether oxygens (including phenoxy) is 5. The smallest absolute Gasteiger partial charge is 0.303 e. The minimum absolute atomic E-state index is 0.00808. The van der Waals surface area contributed by atoms with Crippen molar-refractivity contribution in [2.45, 2.75) is 98.9 Å². The molecule has 0 aromatic carbocycles. The Labute approximate surface area is 202 Å². The number of hydrogen-bond donors (Lipinski definition) is 1. The van der Waals surface area contributed by atoms with E-state index in [1.165, 1.54) is 20.8 Å². The first-order valence-corrected chi connectivity index (χ1v) is 11.9. The second-order valence-electron chi connectivity index (χ2n) is 8.91. The van der Waals surface area contributed by atoms with Gasteiger partial charge in [-0.3, -0.25) is 19.2 Å². The van der Waals surface area contributed by atoms with Gasteiger partial charge in [0.25, 0.3) is 0 Å². The average molecular weight is 488 g/mol. The van der Waals surface area contributed by atoms with Gasteiger partial charge in [0.05, 0.1) is 18.8 Å². The van der Waals surface area contributed by atoms with E-state index in [0.29, 0.717) is 6.42 Å². The topological polar surface area (TPSA) is 126 Å². The normalized spacial score (nSPS) is 27.1. The summed E-state index contributed by atoms with van der Waals surface area (Å²) in [5.74, 6) is -1.40. The zero-order chi connectivity index (χ0) is 26.0. The number of carbonyl (C=O) groups excluding carboxylic acids is 4. The van der Waals surface area contributed by atoms with Crippen molar-refractivity contribution in [3.05, 3.63) is 0 Å². The Morgan fingerprint density at radius 3 is 2.00 bits per heavy atom. The first kappa shape index (κ1) is 29.8. The molecule has 1 heterocycles. The molecule has 0 saturated carbocycles. The van der Waals surface area contributed by atoms with E-state index in [2.05, 4.69) is 12.2 Å². The predicted octanol–water partition coefficient (Wildman–Crippen LogP) is 2.37. The van der Waals surface area contributed by atoms with Crippen molar-refractivity contribution in [2.75, 3.05) is 13.2 Å². The number of rotatable bonds is 12. The molecule has 1 aliphatic rings. The van der Waals surface area contributed by atoms with Crippen LogP contribution in [0.4, 0.5) is 0 Å². The molecule has 10 nitrogen and oxygen atoms in total. The Balaban J connectivity index is 3.09. The van der Waals surface area contributed by atoms with Crippen LogP contribution in [0.25, 0.3) is 0 Å². The van der Waals surface area contributed by atoms with Gasteiger partial charge in [0.15, 0.2) is 12.4 Å². The average Bonchev–Trinajstić information content (AvgIpc) is 2.77. The molecule has 1 amide bonds. The number of nitrogens with one attached hydrogen (secondary N) is 1. The monoisotopic (exact) mass is 487 g/mol. The van der Waals surface area contributed by atoms with Gasteiger partial charge in [-0.05, 0) is 18.3 Å². The molecule has 34 heavy (non-hydrogen) atoms. The van der Waals surface area contributed by atoms with E-state index in [9.17, 15) is 19.2 Å². The van der Waals surface area contributed by atoms with Crippen molar-refractivity contribution in [2.24, 2.45) is 17.8 Å². The maximum absolute atomic E-state index is 12.3. The maximum Gasteiger partial charge on any atom is 0.303 e. The Hall–Kier alpha value is -2.20. The van der Waals surface area contributed by atoms with Crippen molar-refractivity contribution in [1.29, 1.82) is 0 Å². The van der Waals surface area contributed by atoms with Crippen LogP contribution in [0.1, 0.15) is 68.2 Å². The van der Waals surface area contributed by atoms with Crippen LogP contribution < -0.4 is 5.32 Å². The highest BCUT2D eigenvalue weighted by Crippen LogP contribution is 2.35. The lowest BCUT2D eigenvalue weighted by Gasteiger charge is -2.43. The fourth-order valence-corrected chi connectivity index (χ4v) is 4.00. The third kappa shape index (κ3) is 9.21. The van der Waals surface area contributed by atoms with E-state index in [0.717, 1.165) is 0 Å². The lowest BCUT2D eigenvalue weighted by Crippen LogP contribution is -2.55. The van der Waals surface area contributed by atoms with Crippen LogP contribution >= 0.6 is 0 Å². The van der Waals surface area contributed by atoms with Crippen molar-refractivity contribution >= 4 is 23.8 Å². The zero-order valence-corrected chi connectivity index (χ0v) is 21.6. The molecule has 0 aromatic heterocycles. The molecule has 10 heteroatoms. The zero-order valence-electron chi connectivity index (χ0n) is 21.6. The number of amides is 1. The maximum atomic E-state index is 12.3. The second kappa shape index (κ2) is 14.3. The molecule has 1 rings (SSSR count). The third-order valence-corrected chi connectivity index (χ3v) is 6.33. The largest absolute Gasteiger partial charge is 0.463 e. The minimum Gasteiger partial charge on any atom is -0.463 e. The van der Waals surface area contributed by atoms with Gasteiger partial charge in [-0.2, -0.15) is 0 Å². The van der Waals surface area contributed by atoms with Crippen LogP contribution in [-0.2, 0) is 42.9 Å². The Kier molecular flexibility index (Phi) is 12.5. The highest BCUT2D eigenvalue weighted by atomic mass is 16.7. The van der Waals surface area contributed by atoms with Gasteiger partial charge in [-0.1, -0.05) is 34.6 Å². The van der Waals surface area contributed by atoms with E-state index in [4.69, 9.17) is 23.7 Å². The predicted molar refractivity (Wildman–Crippen MR) is 122 cm³/mol. The lowest BCUT2D eigenvalue weighted by atomic mass is 9.79. The van der Waals surface area contributed by atoms with Gasteiger partial charge in [0.1, 0.15) is 12.7 Å². The summed E-state index contributed by atoms with van der Waals surface area (Å²) in [6.07, 6.45) is -2.13. The standard InChI is InChI=1S/C24H41NO9/c1-9-20(32-17(7)27)23(33-18(8)28)19(25-22(29)10-2)11-31-24-15(5)13(3)14(4)21(34-24)12-30-16(6)26/h13-15,19-21,23-24H,9-12H2,1-8H3,(H,25,29)/t13?,14?,15?,19-,20+,21?,23-,24?/m0/s1. The molecule has 1 saturated heterocycles.